The molecule has 2 rings (SSSR count). The van der Waals surface area contributed by atoms with Crippen LogP contribution in [0.4, 0.5) is 0 Å². The van der Waals surface area contributed by atoms with Crippen LogP contribution in [0.1, 0.15) is 16.0 Å². The van der Waals surface area contributed by atoms with Crippen LogP contribution in [0.2, 0.25) is 5.02 Å². The molecule has 0 aliphatic heterocycles. The van der Waals surface area contributed by atoms with Crippen molar-refractivity contribution in [3.8, 4) is 5.75 Å². The van der Waals surface area contributed by atoms with Gasteiger partial charge in [-0.3, -0.25) is 0 Å². The Morgan fingerprint density at radius 2 is 1.67 bits per heavy atom. The number of rotatable bonds is 4. The maximum absolute atomic E-state index is 11.5. The number of methoxy groups -OCH3 is 1. The van der Waals surface area contributed by atoms with Crippen LogP contribution in [0.5, 0.6) is 5.75 Å². The van der Waals surface area contributed by atoms with Crippen molar-refractivity contribution < 1.29 is 13.2 Å². The van der Waals surface area contributed by atoms with Crippen LogP contribution >= 0.6 is 27.5 Å². The monoisotopic (exact) mass is 388 g/mol. The molecule has 0 amide bonds. The SMILES string of the molecule is COc1ccc(C(Br)c2ccc(S(C)(=O)=O)cc2)cc1Cl. The lowest BCUT2D eigenvalue weighted by atomic mass is 10.0. The first-order chi connectivity index (χ1) is 9.82. The molecule has 0 fully saturated rings. The van der Waals surface area contributed by atoms with Gasteiger partial charge >= 0.3 is 0 Å². The molecule has 0 heterocycles. The van der Waals surface area contributed by atoms with E-state index in [-0.39, 0.29) is 4.83 Å². The number of ether oxygens (including phenoxy) is 1. The van der Waals surface area contributed by atoms with Gasteiger partial charge in [0.15, 0.2) is 9.84 Å². The summed E-state index contributed by atoms with van der Waals surface area (Å²) in [6.45, 7) is 0. The van der Waals surface area contributed by atoms with Crippen molar-refractivity contribution in [3.05, 3.63) is 58.6 Å². The standard InChI is InChI=1S/C15H14BrClO3S/c1-20-14-8-5-11(9-13(14)17)15(16)10-3-6-12(7-4-10)21(2,18)19/h3-9,15H,1-2H3. The van der Waals surface area contributed by atoms with E-state index in [0.717, 1.165) is 11.1 Å². The molecular weight excluding hydrogens is 376 g/mol. The second-order valence-corrected chi connectivity index (χ2v) is 7.94. The molecule has 0 saturated carbocycles. The molecule has 6 heteroatoms. The van der Waals surface area contributed by atoms with Gasteiger partial charge in [0.05, 0.1) is 21.9 Å². The number of hydrogen-bond acceptors (Lipinski definition) is 3. The van der Waals surface area contributed by atoms with Gasteiger partial charge in [-0.15, -0.1) is 0 Å². The maximum Gasteiger partial charge on any atom is 0.175 e. The molecule has 0 N–H and O–H groups in total. The summed E-state index contributed by atoms with van der Waals surface area (Å²) in [5.74, 6) is 0.618. The van der Waals surface area contributed by atoms with Crippen LogP contribution in [0, 0.1) is 0 Å². The van der Waals surface area contributed by atoms with E-state index in [4.69, 9.17) is 16.3 Å². The molecular formula is C15H14BrClO3S. The Bertz CT molecular complexity index is 742. The highest BCUT2D eigenvalue weighted by Crippen LogP contribution is 2.35. The van der Waals surface area contributed by atoms with Crippen molar-refractivity contribution in [2.75, 3.05) is 13.4 Å². The fraction of sp³-hybridized carbons (Fsp3) is 0.200. The predicted octanol–water partition coefficient (Wildman–Crippen LogP) is 4.24. The lowest BCUT2D eigenvalue weighted by Crippen LogP contribution is -1.98. The molecule has 112 valence electrons. The molecule has 0 spiro atoms. The molecule has 2 aromatic rings. The molecule has 21 heavy (non-hydrogen) atoms. The summed E-state index contributed by atoms with van der Waals surface area (Å²) in [6.07, 6.45) is 1.19. The fourth-order valence-electron chi connectivity index (χ4n) is 1.92. The zero-order chi connectivity index (χ0) is 15.6. The molecule has 0 aliphatic carbocycles. The molecule has 0 radical (unpaired) electrons. The zero-order valence-electron chi connectivity index (χ0n) is 11.5. The third-order valence-electron chi connectivity index (χ3n) is 3.07. The minimum Gasteiger partial charge on any atom is -0.495 e. The number of sulfone groups is 1. The lowest BCUT2D eigenvalue weighted by molar-refractivity contribution is 0.415. The van der Waals surface area contributed by atoms with Gasteiger partial charge in [-0.25, -0.2) is 8.42 Å². The summed E-state index contributed by atoms with van der Waals surface area (Å²) in [5.41, 5.74) is 1.91. The molecule has 3 nitrogen and oxygen atoms in total. The fourth-order valence-corrected chi connectivity index (χ4v) is 3.40. The van der Waals surface area contributed by atoms with E-state index >= 15 is 0 Å². The summed E-state index contributed by atoms with van der Waals surface area (Å²) < 4.78 is 28.0. The zero-order valence-corrected chi connectivity index (χ0v) is 14.7. The van der Waals surface area contributed by atoms with Gasteiger partial charge in [-0.1, -0.05) is 45.7 Å². The lowest BCUT2D eigenvalue weighted by Gasteiger charge is -2.13. The van der Waals surface area contributed by atoms with Crippen LogP contribution in [-0.4, -0.2) is 21.8 Å². The van der Waals surface area contributed by atoms with Crippen LogP contribution in [0.3, 0.4) is 0 Å². The molecule has 0 saturated heterocycles. The molecule has 0 bridgehead atoms. The minimum atomic E-state index is -3.18. The molecule has 0 aliphatic rings. The van der Waals surface area contributed by atoms with Crippen molar-refractivity contribution >= 4 is 37.4 Å². The average Bonchev–Trinajstić information content (AvgIpc) is 2.45. The number of alkyl halides is 1. The summed E-state index contributed by atoms with van der Waals surface area (Å²) in [7, 11) is -1.61. The summed E-state index contributed by atoms with van der Waals surface area (Å²) in [5, 5.41) is 0.534. The van der Waals surface area contributed by atoms with Crippen LogP contribution < -0.4 is 4.74 Å². The first-order valence-electron chi connectivity index (χ1n) is 6.10. The van der Waals surface area contributed by atoms with Gasteiger partial charge < -0.3 is 4.74 Å². The van der Waals surface area contributed by atoms with Gasteiger partial charge in [0, 0.05) is 6.26 Å². The Morgan fingerprint density at radius 1 is 1.10 bits per heavy atom. The van der Waals surface area contributed by atoms with E-state index in [2.05, 4.69) is 15.9 Å². The Labute approximate surface area is 137 Å². The van der Waals surface area contributed by atoms with Crippen molar-refractivity contribution in [2.24, 2.45) is 0 Å². The summed E-state index contributed by atoms with van der Waals surface area (Å²) >= 11 is 9.72. The van der Waals surface area contributed by atoms with E-state index < -0.39 is 9.84 Å². The Balaban J connectivity index is 2.31. The highest BCUT2D eigenvalue weighted by atomic mass is 79.9. The molecule has 2 aromatic carbocycles. The molecule has 1 atom stereocenters. The second-order valence-electron chi connectivity index (χ2n) is 4.60. The summed E-state index contributed by atoms with van der Waals surface area (Å²) in [4.78, 5) is 0.230. The third kappa shape index (κ3) is 3.78. The van der Waals surface area contributed by atoms with Crippen molar-refractivity contribution in [2.45, 2.75) is 9.72 Å². The normalized spacial score (nSPS) is 13.0. The second kappa shape index (κ2) is 6.38. The Morgan fingerprint density at radius 3 is 2.14 bits per heavy atom. The third-order valence-corrected chi connectivity index (χ3v) is 5.55. The van der Waals surface area contributed by atoms with E-state index in [0.29, 0.717) is 15.7 Å². The Hall–Kier alpha value is -1.04. The topological polar surface area (TPSA) is 43.4 Å². The number of halogens is 2. The first kappa shape index (κ1) is 16.3. The van der Waals surface area contributed by atoms with E-state index in [1.54, 1.807) is 37.4 Å². The van der Waals surface area contributed by atoms with Crippen LogP contribution in [0.25, 0.3) is 0 Å². The van der Waals surface area contributed by atoms with E-state index in [9.17, 15) is 8.42 Å². The van der Waals surface area contributed by atoms with Gasteiger partial charge in [0.2, 0.25) is 0 Å². The maximum atomic E-state index is 11.5. The molecule has 0 aromatic heterocycles. The van der Waals surface area contributed by atoms with Gasteiger partial charge in [0.1, 0.15) is 5.75 Å². The van der Waals surface area contributed by atoms with E-state index in [1.165, 1.54) is 6.26 Å². The van der Waals surface area contributed by atoms with Crippen molar-refractivity contribution in [3.63, 3.8) is 0 Å². The number of hydrogen-bond donors (Lipinski definition) is 0. The highest BCUT2D eigenvalue weighted by molar-refractivity contribution is 9.09. The van der Waals surface area contributed by atoms with Crippen LogP contribution in [-0.2, 0) is 9.84 Å². The predicted molar refractivity (Wildman–Crippen MR) is 88.3 cm³/mol. The largest absolute Gasteiger partial charge is 0.495 e. The average molecular weight is 390 g/mol. The quantitative estimate of drug-likeness (QED) is 0.735. The smallest absolute Gasteiger partial charge is 0.175 e. The number of benzene rings is 2. The molecule has 1 unspecified atom stereocenters. The van der Waals surface area contributed by atoms with Gasteiger partial charge in [-0.05, 0) is 35.4 Å². The van der Waals surface area contributed by atoms with Gasteiger partial charge in [-0.2, -0.15) is 0 Å². The Kier molecular flexibility index (Phi) is 4.96. The van der Waals surface area contributed by atoms with Crippen LogP contribution in [0.15, 0.2) is 47.4 Å². The highest BCUT2D eigenvalue weighted by Gasteiger charge is 2.14. The van der Waals surface area contributed by atoms with Crippen molar-refractivity contribution in [1.82, 2.24) is 0 Å². The van der Waals surface area contributed by atoms with Crippen molar-refractivity contribution in [1.29, 1.82) is 0 Å². The van der Waals surface area contributed by atoms with Gasteiger partial charge in [0.25, 0.3) is 0 Å². The van der Waals surface area contributed by atoms with E-state index in [1.807, 2.05) is 12.1 Å². The first-order valence-corrected chi connectivity index (χ1v) is 9.29. The summed E-state index contributed by atoms with van der Waals surface area (Å²) in [6, 6.07) is 12.3. The minimum absolute atomic E-state index is 0.0745.